The molecule has 0 heterocycles. The minimum absolute atomic E-state index is 0.0225. The summed E-state index contributed by atoms with van der Waals surface area (Å²) in [5.74, 6) is 0.769. The van der Waals surface area contributed by atoms with E-state index in [1.807, 2.05) is 13.0 Å². The molecule has 0 aromatic heterocycles. The lowest BCUT2D eigenvalue weighted by Crippen LogP contribution is -2.30. The Morgan fingerprint density at radius 2 is 2.10 bits per heavy atom. The van der Waals surface area contributed by atoms with Crippen LogP contribution in [0.1, 0.15) is 24.9 Å². The largest absolute Gasteiger partial charge is 0.507 e. The highest BCUT2D eigenvalue weighted by atomic mass is 16.5. The summed E-state index contributed by atoms with van der Waals surface area (Å²) in [7, 11) is 3.15. The van der Waals surface area contributed by atoms with Crippen molar-refractivity contribution in [3.8, 4) is 11.5 Å². The Kier molecular flexibility index (Phi) is 7.56. The van der Waals surface area contributed by atoms with E-state index in [0.717, 1.165) is 5.56 Å². The van der Waals surface area contributed by atoms with Crippen molar-refractivity contribution in [2.24, 2.45) is 0 Å². The molecule has 21 heavy (non-hydrogen) atoms. The Morgan fingerprint density at radius 1 is 1.33 bits per heavy atom. The SMILES string of the molecule is COCCNC(=O)CCNC(C)c1ccc(OC)cc1O. The van der Waals surface area contributed by atoms with Crippen LogP contribution in [-0.4, -0.2) is 44.9 Å². The van der Waals surface area contributed by atoms with Crippen molar-refractivity contribution in [2.45, 2.75) is 19.4 Å². The quantitative estimate of drug-likeness (QED) is 0.597. The first kappa shape index (κ1) is 17.3. The molecular formula is C15H24N2O4. The second kappa shape index (κ2) is 9.20. The highest BCUT2D eigenvalue weighted by Crippen LogP contribution is 2.28. The number of ether oxygens (including phenoxy) is 2. The molecule has 1 aromatic rings. The van der Waals surface area contributed by atoms with Gasteiger partial charge < -0.3 is 25.2 Å². The molecular weight excluding hydrogens is 272 g/mol. The van der Waals surface area contributed by atoms with Crippen molar-refractivity contribution in [2.75, 3.05) is 33.9 Å². The van der Waals surface area contributed by atoms with Crippen molar-refractivity contribution in [3.05, 3.63) is 23.8 Å². The Hall–Kier alpha value is -1.79. The lowest BCUT2D eigenvalue weighted by Gasteiger charge is -2.16. The van der Waals surface area contributed by atoms with Gasteiger partial charge in [0.05, 0.1) is 13.7 Å². The third kappa shape index (κ3) is 6.01. The van der Waals surface area contributed by atoms with Crippen LogP contribution in [0.2, 0.25) is 0 Å². The topological polar surface area (TPSA) is 79.8 Å². The number of phenolic OH excluding ortho intramolecular Hbond substituents is 1. The summed E-state index contributed by atoms with van der Waals surface area (Å²) < 4.78 is 9.90. The molecule has 0 fully saturated rings. The van der Waals surface area contributed by atoms with Crippen molar-refractivity contribution in [1.82, 2.24) is 10.6 Å². The van der Waals surface area contributed by atoms with E-state index in [-0.39, 0.29) is 17.7 Å². The lowest BCUT2D eigenvalue weighted by atomic mass is 10.1. The van der Waals surface area contributed by atoms with E-state index in [4.69, 9.17) is 9.47 Å². The van der Waals surface area contributed by atoms with Crippen LogP contribution in [0.4, 0.5) is 0 Å². The molecule has 1 unspecified atom stereocenters. The molecule has 0 aliphatic heterocycles. The fraction of sp³-hybridized carbons (Fsp3) is 0.533. The highest BCUT2D eigenvalue weighted by Gasteiger charge is 2.11. The summed E-state index contributed by atoms with van der Waals surface area (Å²) >= 11 is 0. The van der Waals surface area contributed by atoms with E-state index in [1.54, 1.807) is 26.4 Å². The molecule has 1 aromatic carbocycles. The monoisotopic (exact) mass is 296 g/mol. The smallest absolute Gasteiger partial charge is 0.221 e. The van der Waals surface area contributed by atoms with Gasteiger partial charge in [-0.05, 0) is 13.0 Å². The van der Waals surface area contributed by atoms with Crippen LogP contribution in [0.25, 0.3) is 0 Å². The zero-order valence-corrected chi connectivity index (χ0v) is 12.8. The number of rotatable bonds is 9. The molecule has 1 atom stereocenters. The van der Waals surface area contributed by atoms with Crippen molar-refractivity contribution >= 4 is 5.91 Å². The zero-order valence-electron chi connectivity index (χ0n) is 12.8. The number of carbonyl (C=O) groups excluding carboxylic acids is 1. The van der Waals surface area contributed by atoms with Gasteiger partial charge in [-0.2, -0.15) is 0 Å². The van der Waals surface area contributed by atoms with Crippen LogP contribution in [-0.2, 0) is 9.53 Å². The maximum absolute atomic E-state index is 11.5. The molecule has 0 spiro atoms. The second-order valence-electron chi connectivity index (χ2n) is 4.69. The Bertz CT molecular complexity index is 451. The number of nitrogens with one attached hydrogen (secondary N) is 2. The number of carbonyl (C=O) groups is 1. The molecule has 0 saturated heterocycles. The Morgan fingerprint density at radius 3 is 2.71 bits per heavy atom. The summed E-state index contributed by atoms with van der Waals surface area (Å²) in [4.78, 5) is 11.5. The first-order chi connectivity index (χ1) is 10.1. The number of methoxy groups -OCH3 is 2. The average Bonchev–Trinajstić information content (AvgIpc) is 2.47. The third-order valence-corrected chi connectivity index (χ3v) is 3.14. The normalized spacial score (nSPS) is 12.0. The molecule has 6 heteroatoms. The van der Waals surface area contributed by atoms with Gasteiger partial charge in [0, 0.05) is 44.3 Å². The van der Waals surface area contributed by atoms with Gasteiger partial charge in [0.2, 0.25) is 5.91 Å². The number of phenols is 1. The molecule has 1 amide bonds. The van der Waals surface area contributed by atoms with E-state index in [0.29, 0.717) is 31.9 Å². The first-order valence-electron chi connectivity index (χ1n) is 6.94. The van der Waals surface area contributed by atoms with Gasteiger partial charge in [0.25, 0.3) is 0 Å². The number of amides is 1. The summed E-state index contributed by atoms with van der Waals surface area (Å²) in [6.45, 7) is 3.50. The Balaban J connectivity index is 2.36. The predicted molar refractivity (Wildman–Crippen MR) is 80.6 cm³/mol. The molecule has 118 valence electrons. The molecule has 0 saturated carbocycles. The van der Waals surface area contributed by atoms with Gasteiger partial charge in [0.1, 0.15) is 11.5 Å². The van der Waals surface area contributed by atoms with Crippen LogP contribution in [0.5, 0.6) is 11.5 Å². The van der Waals surface area contributed by atoms with Crippen LogP contribution in [0, 0.1) is 0 Å². The van der Waals surface area contributed by atoms with E-state index in [1.165, 1.54) is 0 Å². The average molecular weight is 296 g/mol. The molecule has 0 aliphatic carbocycles. The van der Waals surface area contributed by atoms with E-state index in [2.05, 4.69) is 10.6 Å². The van der Waals surface area contributed by atoms with Gasteiger partial charge in [0.15, 0.2) is 0 Å². The Labute approximate surface area is 125 Å². The van der Waals surface area contributed by atoms with Crippen LogP contribution < -0.4 is 15.4 Å². The van der Waals surface area contributed by atoms with Crippen LogP contribution >= 0.6 is 0 Å². The minimum Gasteiger partial charge on any atom is -0.507 e. The fourth-order valence-electron chi connectivity index (χ4n) is 1.91. The highest BCUT2D eigenvalue weighted by molar-refractivity contribution is 5.76. The number of benzene rings is 1. The third-order valence-electron chi connectivity index (χ3n) is 3.14. The van der Waals surface area contributed by atoms with Gasteiger partial charge in [-0.15, -0.1) is 0 Å². The van der Waals surface area contributed by atoms with Crippen molar-refractivity contribution < 1.29 is 19.4 Å². The number of aromatic hydroxyl groups is 1. The van der Waals surface area contributed by atoms with E-state index >= 15 is 0 Å². The van der Waals surface area contributed by atoms with Crippen molar-refractivity contribution in [3.63, 3.8) is 0 Å². The number of hydrogen-bond donors (Lipinski definition) is 3. The van der Waals surface area contributed by atoms with Crippen LogP contribution in [0.3, 0.4) is 0 Å². The maximum Gasteiger partial charge on any atom is 0.221 e. The minimum atomic E-state index is -0.0531. The van der Waals surface area contributed by atoms with Gasteiger partial charge in [-0.1, -0.05) is 6.07 Å². The summed E-state index contributed by atoms with van der Waals surface area (Å²) in [5, 5.41) is 15.9. The molecule has 3 N–H and O–H groups in total. The molecule has 0 aliphatic rings. The van der Waals surface area contributed by atoms with E-state index < -0.39 is 0 Å². The standard InChI is InChI=1S/C15H24N2O4/c1-11(13-5-4-12(21-3)10-14(13)18)16-7-6-15(19)17-8-9-20-2/h4-5,10-11,16,18H,6-9H2,1-3H3,(H,17,19). The van der Waals surface area contributed by atoms with E-state index in [9.17, 15) is 9.90 Å². The molecule has 6 nitrogen and oxygen atoms in total. The van der Waals surface area contributed by atoms with Gasteiger partial charge in [-0.3, -0.25) is 4.79 Å². The van der Waals surface area contributed by atoms with Crippen molar-refractivity contribution in [1.29, 1.82) is 0 Å². The second-order valence-corrected chi connectivity index (χ2v) is 4.69. The predicted octanol–water partition coefficient (Wildman–Crippen LogP) is 1.20. The summed E-state index contributed by atoms with van der Waals surface area (Å²) in [5.41, 5.74) is 0.774. The van der Waals surface area contributed by atoms with Gasteiger partial charge in [-0.25, -0.2) is 0 Å². The molecule has 0 radical (unpaired) electrons. The van der Waals surface area contributed by atoms with Gasteiger partial charge >= 0.3 is 0 Å². The molecule has 1 rings (SSSR count). The first-order valence-corrected chi connectivity index (χ1v) is 6.94. The van der Waals surface area contributed by atoms with Crippen LogP contribution in [0.15, 0.2) is 18.2 Å². The zero-order chi connectivity index (χ0) is 15.7. The fourth-order valence-corrected chi connectivity index (χ4v) is 1.91. The number of hydrogen-bond acceptors (Lipinski definition) is 5. The summed E-state index contributed by atoms with van der Waals surface area (Å²) in [6, 6.07) is 5.13. The maximum atomic E-state index is 11.5. The lowest BCUT2D eigenvalue weighted by molar-refractivity contribution is -0.121. The summed E-state index contributed by atoms with van der Waals surface area (Å²) in [6.07, 6.45) is 0.380. The molecule has 0 bridgehead atoms.